The van der Waals surface area contributed by atoms with E-state index >= 15 is 0 Å². The fourth-order valence-electron chi connectivity index (χ4n) is 1.90. The van der Waals surface area contributed by atoms with Crippen LogP contribution in [-0.2, 0) is 6.54 Å². The van der Waals surface area contributed by atoms with E-state index in [9.17, 15) is 0 Å². The quantitative estimate of drug-likeness (QED) is 0.714. The van der Waals surface area contributed by atoms with Gasteiger partial charge in [0.2, 0.25) is 0 Å². The molecule has 1 N–H and O–H groups in total. The maximum atomic E-state index is 3.66. The van der Waals surface area contributed by atoms with Crippen LogP contribution in [0.15, 0.2) is 49.1 Å². The molecule has 1 aromatic carbocycles. The summed E-state index contributed by atoms with van der Waals surface area (Å²) in [7, 11) is 0. The Morgan fingerprint density at radius 1 is 1.43 bits per heavy atom. The molecule has 1 aliphatic heterocycles. The Balaban J connectivity index is 2.10. The minimum Gasteiger partial charge on any atom is -0.306 e. The highest BCUT2D eigenvalue weighted by Gasteiger charge is 2.19. The van der Waals surface area contributed by atoms with Crippen LogP contribution >= 0.6 is 0 Å². The topological polar surface area (TPSA) is 12.0 Å². The van der Waals surface area contributed by atoms with Crippen LogP contribution in [0.5, 0.6) is 0 Å². The van der Waals surface area contributed by atoms with Crippen LogP contribution in [0.1, 0.15) is 23.6 Å². The largest absolute Gasteiger partial charge is 0.306 e. The highest BCUT2D eigenvalue weighted by atomic mass is 14.9. The lowest BCUT2D eigenvalue weighted by Gasteiger charge is -2.08. The SMILES string of the molecule is C=C/C=C/CC1NCc2ccccc21. The number of hydrogen-bond acceptors (Lipinski definition) is 1. The van der Waals surface area contributed by atoms with Crippen molar-refractivity contribution in [3.63, 3.8) is 0 Å². The van der Waals surface area contributed by atoms with Crippen molar-refractivity contribution in [1.82, 2.24) is 5.32 Å². The molecule has 2 rings (SSSR count). The third kappa shape index (κ3) is 1.78. The number of allylic oxidation sites excluding steroid dienone is 2. The molecule has 1 heteroatoms. The van der Waals surface area contributed by atoms with Gasteiger partial charge in [0.05, 0.1) is 0 Å². The summed E-state index contributed by atoms with van der Waals surface area (Å²) in [6, 6.07) is 9.10. The van der Waals surface area contributed by atoms with Gasteiger partial charge < -0.3 is 5.32 Å². The lowest BCUT2D eigenvalue weighted by Crippen LogP contribution is -2.10. The van der Waals surface area contributed by atoms with E-state index in [0.717, 1.165) is 13.0 Å². The van der Waals surface area contributed by atoms with Crippen molar-refractivity contribution in [1.29, 1.82) is 0 Å². The van der Waals surface area contributed by atoms with Crippen molar-refractivity contribution in [3.8, 4) is 0 Å². The van der Waals surface area contributed by atoms with E-state index in [1.54, 1.807) is 0 Å². The third-order valence-electron chi connectivity index (χ3n) is 2.61. The van der Waals surface area contributed by atoms with Gasteiger partial charge in [-0.05, 0) is 17.5 Å². The molecular weight excluding hydrogens is 170 g/mol. The summed E-state index contributed by atoms with van der Waals surface area (Å²) in [6.07, 6.45) is 7.03. The molecular formula is C13H15N. The molecule has 1 aliphatic rings. The summed E-state index contributed by atoms with van der Waals surface area (Å²) in [4.78, 5) is 0. The van der Waals surface area contributed by atoms with Gasteiger partial charge in [-0.15, -0.1) is 0 Å². The van der Waals surface area contributed by atoms with Crippen molar-refractivity contribution in [2.45, 2.75) is 19.0 Å². The van der Waals surface area contributed by atoms with E-state index in [-0.39, 0.29) is 0 Å². The molecule has 72 valence electrons. The standard InChI is InChI=1S/C13H15N/c1-2-3-4-9-13-12-8-6-5-7-11(12)10-14-13/h2-8,13-14H,1,9-10H2/b4-3+. The zero-order valence-electron chi connectivity index (χ0n) is 8.24. The van der Waals surface area contributed by atoms with Gasteiger partial charge >= 0.3 is 0 Å². The Hall–Kier alpha value is -1.34. The maximum Gasteiger partial charge on any atom is 0.0361 e. The number of benzene rings is 1. The molecule has 0 spiro atoms. The van der Waals surface area contributed by atoms with E-state index < -0.39 is 0 Å². The molecule has 0 saturated heterocycles. The zero-order valence-corrected chi connectivity index (χ0v) is 8.24. The third-order valence-corrected chi connectivity index (χ3v) is 2.61. The van der Waals surface area contributed by atoms with Crippen molar-refractivity contribution in [3.05, 3.63) is 60.2 Å². The molecule has 0 aliphatic carbocycles. The normalized spacial score (nSPS) is 19.9. The highest BCUT2D eigenvalue weighted by molar-refractivity contribution is 5.34. The van der Waals surface area contributed by atoms with Crippen molar-refractivity contribution in [2.75, 3.05) is 0 Å². The van der Waals surface area contributed by atoms with Crippen LogP contribution in [0.2, 0.25) is 0 Å². The van der Waals surface area contributed by atoms with Gasteiger partial charge in [-0.1, -0.05) is 49.1 Å². The van der Waals surface area contributed by atoms with E-state index in [0.29, 0.717) is 6.04 Å². The average molecular weight is 185 g/mol. The van der Waals surface area contributed by atoms with Crippen LogP contribution in [0, 0.1) is 0 Å². The van der Waals surface area contributed by atoms with Gasteiger partial charge in [0.15, 0.2) is 0 Å². The molecule has 1 atom stereocenters. The van der Waals surface area contributed by atoms with Crippen LogP contribution in [-0.4, -0.2) is 0 Å². The number of nitrogens with one attached hydrogen (secondary N) is 1. The summed E-state index contributed by atoms with van der Waals surface area (Å²) < 4.78 is 0. The molecule has 0 saturated carbocycles. The summed E-state index contributed by atoms with van der Waals surface area (Å²) in [5, 5.41) is 3.50. The molecule has 0 bridgehead atoms. The van der Waals surface area contributed by atoms with Gasteiger partial charge in [-0.3, -0.25) is 0 Å². The first-order valence-corrected chi connectivity index (χ1v) is 5.00. The predicted molar refractivity (Wildman–Crippen MR) is 60.0 cm³/mol. The van der Waals surface area contributed by atoms with Gasteiger partial charge in [0.25, 0.3) is 0 Å². The first-order valence-electron chi connectivity index (χ1n) is 5.00. The average Bonchev–Trinajstić information content (AvgIpc) is 2.63. The predicted octanol–water partition coefficient (Wildman–Crippen LogP) is 2.96. The molecule has 0 aromatic heterocycles. The van der Waals surface area contributed by atoms with E-state index in [4.69, 9.17) is 0 Å². The molecule has 1 unspecified atom stereocenters. The van der Waals surface area contributed by atoms with E-state index in [1.165, 1.54) is 11.1 Å². The Morgan fingerprint density at radius 2 is 2.29 bits per heavy atom. The zero-order chi connectivity index (χ0) is 9.80. The second-order valence-corrected chi connectivity index (χ2v) is 3.53. The molecule has 14 heavy (non-hydrogen) atoms. The fourth-order valence-corrected chi connectivity index (χ4v) is 1.90. The molecule has 1 nitrogen and oxygen atoms in total. The number of fused-ring (bicyclic) bond motifs is 1. The van der Waals surface area contributed by atoms with Crippen molar-refractivity contribution < 1.29 is 0 Å². The monoisotopic (exact) mass is 185 g/mol. The van der Waals surface area contributed by atoms with Gasteiger partial charge in [0, 0.05) is 12.6 Å². The first-order chi connectivity index (χ1) is 6.92. The summed E-state index contributed by atoms with van der Waals surface area (Å²) in [6.45, 7) is 4.66. The second kappa shape index (κ2) is 4.25. The van der Waals surface area contributed by atoms with E-state index in [2.05, 4.69) is 42.2 Å². The van der Waals surface area contributed by atoms with E-state index in [1.807, 2.05) is 12.2 Å². The maximum absolute atomic E-state index is 3.66. The number of hydrogen-bond donors (Lipinski definition) is 1. The second-order valence-electron chi connectivity index (χ2n) is 3.53. The number of rotatable bonds is 3. The first kappa shape index (κ1) is 9.22. The Kier molecular flexibility index (Phi) is 2.80. The van der Waals surface area contributed by atoms with Crippen LogP contribution in [0.3, 0.4) is 0 Å². The van der Waals surface area contributed by atoms with Gasteiger partial charge in [-0.2, -0.15) is 0 Å². The molecule has 0 radical (unpaired) electrons. The summed E-state index contributed by atoms with van der Waals surface area (Å²) in [5.41, 5.74) is 2.88. The molecule has 0 amide bonds. The minimum absolute atomic E-state index is 0.488. The van der Waals surface area contributed by atoms with Crippen LogP contribution in [0.4, 0.5) is 0 Å². The van der Waals surface area contributed by atoms with Gasteiger partial charge in [-0.25, -0.2) is 0 Å². The smallest absolute Gasteiger partial charge is 0.0361 e. The van der Waals surface area contributed by atoms with Crippen LogP contribution in [0.25, 0.3) is 0 Å². The molecule has 1 aromatic rings. The Morgan fingerprint density at radius 3 is 3.14 bits per heavy atom. The Bertz CT molecular complexity index is 352. The van der Waals surface area contributed by atoms with Gasteiger partial charge in [0.1, 0.15) is 0 Å². The van der Waals surface area contributed by atoms with Crippen molar-refractivity contribution >= 4 is 0 Å². The summed E-state index contributed by atoms with van der Waals surface area (Å²) in [5.74, 6) is 0. The lowest BCUT2D eigenvalue weighted by molar-refractivity contribution is 0.591. The minimum atomic E-state index is 0.488. The fraction of sp³-hybridized carbons (Fsp3) is 0.231. The van der Waals surface area contributed by atoms with Crippen molar-refractivity contribution in [2.24, 2.45) is 0 Å². The Labute approximate surface area is 85.2 Å². The highest BCUT2D eigenvalue weighted by Crippen LogP contribution is 2.27. The summed E-state index contributed by atoms with van der Waals surface area (Å²) >= 11 is 0. The van der Waals surface area contributed by atoms with Crippen LogP contribution < -0.4 is 5.32 Å². The lowest BCUT2D eigenvalue weighted by atomic mass is 10.0. The molecule has 0 fully saturated rings. The molecule has 1 heterocycles.